The van der Waals surface area contributed by atoms with E-state index in [0.29, 0.717) is 24.3 Å². The van der Waals surface area contributed by atoms with Gasteiger partial charge < -0.3 is 19.5 Å². The first-order valence-corrected chi connectivity index (χ1v) is 13.8. The number of aromatic nitrogens is 1. The molecular weight excluding hydrogens is 502 g/mol. The summed E-state index contributed by atoms with van der Waals surface area (Å²) in [7, 11) is 0. The smallest absolute Gasteiger partial charge is 0.270 e. The number of amides is 2. The number of nitrogens with one attached hydrogen (secondary N) is 1. The van der Waals surface area contributed by atoms with Crippen LogP contribution in [0.5, 0.6) is 5.75 Å². The van der Waals surface area contributed by atoms with Crippen molar-refractivity contribution in [3.8, 4) is 5.75 Å². The number of Topliss-reactive ketones (excluding diaryl/α,β-unsaturated/α-hetero) is 1. The summed E-state index contributed by atoms with van der Waals surface area (Å²) >= 11 is 0. The number of H-pyrrole nitrogens is 1. The second-order valence-corrected chi connectivity index (χ2v) is 10.7. The number of ketones is 1. The molecule has 0 unspecified atom stereocenters. The van der Waals surface area contributed by atoms with Gasteiger partial charge in [0.15, 0.2) is 5.78 Å². The van der Waals surface area contributed by atoms with E-state index in [1.165, 1.54) is 12.5 Å². The van der Waals surface area contributed by atoms with Crippen LogP contribution in [0.3, 0.4) is 0 Å². The van der Waals surface area contributed by atoms with Gasteiger partial charge in [0.05, 0.1) is 12.1 Å². The number of hydrogen-bond donors (Lipinski definition) is 1. The van der Waals surface area contributed by atoms with Gasteiger partial charge in [0.1, 0.15) is 18.0 Å². The van der Waals surface area contributed by atoms with E-state index in [1.807, 2.05) is 67.3 Å². The molecule has 2 heterocycles. The molecular formula is C33H35N3O4. The van der Waals surface area contributed by atoms with E-state index in [9.17, 15) is 14.4 Å². The summed E-state index contributed by atoms with van der Waals surface area (Å²) < 4.78 is 5.87. The van der Waals surface area contributed by atoms with Crippen LogP contribution in [0, 0.1) is 0 Å². The molecule has 0 bridgehead atoms. The third-order valence-corrected chi connectivity index (χ3v) is 7.30. The average molecular weight is 538 g/mol. The van der Waals surface area contributed by atoms with E-state index in [1.54, 1.807) is 23.1 Å². The number of nitrogens with zero attached hydrogens (tertiary/aromatic N) is 2. The maximum atomic E-state index is 13.6. The third kappa shape index (κ3) is 6.25. The minimum absolute atomic E-state index is 0.0108. The number of aromatic amines is 1. The van der Waals surface area contributed by atoms with Crippen LogP contribution < -0.4 is 4.74 Å². The molecule has 7 heteroatoms. The Balaban J connectivity index is 1.37. The van der Waals surface area contributed by atoms with Crippen molar-refractivity contribution in [1.29, 1.82) is 0 Å². The van der Waals surface area contributed by atoms with Crippen molar-refractivity contribution in [2.24, 2.45) is 0 Å². The zero-order valence-electron chi connectivity index (χ0n) is 23.2. The molecule has 206 valence electrons. The Morgan fingerprint density at radius 2 is 1.75 bits per heavy atom. The lowest BCUT2D eigenvalue weighted by Gasteiger charge is -2.41. The highest BCUT2D eigenvalue weighted by Gasteiger charge is 2.35. The van der Waals surface area contributed by atoms with Crippen LogP contribution in [-0.2, 0) is 17.8 Å². The highest BCUT2D eigenvalue weighted by Crippen LogP contribution is 2.25. The molecule has 7 nitrogen and oxygen atoms in total. The van der Waals surface area contributed by atoms with Crippen molar-refractivity contribution in [2.75, 3.05) is 13.1 Å². The zero-order valence-corrected chi connectivity index (χ0v) is 23.2. The molecule has 1 fully saturated rings. The Kier molecular flexibility index (Phi) is 8.01. The first-order valence-electron chi connectivity index (χ1n) is 13.8. The Bertz CT molecular complexity index is 1530. The van der Waals surface area contributed by atoms with E-state index in [4.69, 9.17) is 4.74 Å². The summed E-state index contributed by atoms with van der Waals surface area (Å²) in [4.78, 5) is 45.7. The lowest BCUT2D eigenvalue weighted by Crippen LogP contribution is -2.57. The van der Waals surface area contributed by atoms with E-state index >= 15 is 0 Å². The second kappa shape index (κ2) is 11.8. The van der Waals surface area contributed by atoms with Crippen LogP contribution in [0.2, 0.25) is 0 Å². The number of aryl methyl sites for hydroxylation is 1. The standard InChI is InChI=1S/C33H35N3O4/c1-22(2)40-29-11-7-10-25(16-29)19-36-28(14-12-24-8-5-4-6-9-24)20-35(21-32(36)38)33(39)31-18-27-17-26(23(3)37)13-15-30(27)34-31/h4-11,13,15-18,22,28,34H,12,14,19-21H2,1-3H3/t28-/m0/s1. The summed E-state index contributed by atoms with van der Waals surface area (Å²) in [6, 6.07) is 25.0. The fraction of sp³-hybridized carbons (Fsp3) is 0.303. The third-order valence-electron chi connectivity index (χ3n) is 7.30. The van der Waals surface area contributed by atoms with Gasteiger partial charge >= 0.3 is 0 Å². The average Bonchev–Trinajstić information content (AvgIpc) is 3.37. The van der Waals surface area contributed by atoms with Gasteiger partial charge in [0.25, 0.3) is 5.91 Å². The minimum atomic E-state index is -0.217. The number of carbonyl (C=O) groups is 3. The van der Waals surface area contributed by atoms with Gasteiger partial charge in [-0.25, -0.2) is 0 Å². The molecule has 2 amide bonds. The Morgan fingerprint density at radius 1 is 0.975 bits per heavy atom. The Labute approximate surface area is 234 Å². The first-order chi connectivity index (χ1) is 19.3. The second-order valence-electron chi connectivity index (χ2n) is 10.7. The SMILES string of the molecule is CC(=O)c1ccc2[nH]c(C(=O)N3CC(=O)N(Cc4cccc(OC(C)C)c4)[C@@H](CCc4ccccc4)C3)cc2c1. The first kappa shape index (κ1) is 27.2. The number of hydrogen-bond acceptors (Lipinski definition) is 4. The van der Waals surface area contributed by atoms with Crippen molar-refractivity contribution in [2.45, 2.75) is 52.3 Å². The van der Waals surface area contributed by atoms with Gasteiger partial charge in [-0.1, -0.05) is 42.5 Å². The van der Waals surface area contributed by atoms with Crippen LogP contribution >= 0.6 is 0 Å². The number of benzene rings is 3. The number of piperazine rings is 1. The zero-order chi connectivity index (χ0) is 28.2. The summed E-state index contributed by atoms with van der Waals surface area (Å²) in [5.41, 5.74) is 3.98. The Morgan fingerprint density at radius 3 is 2.50 bits per heavy atom. The summed E-state index contributed by atoms with van der Waals surface area (Å²) in [6.45, 7) is 6.40. The topological polar surface area (TPSA) is 82.7 Å². The minimum Gasteiger partial charge on any atom is -0.491 e. The molecule has 0 aliphatic carbocycles. The molecule has 1 saturated heterocycles. The summed E-state index contributed by atoms with van der Waals surface area (Å²) in [5.74, 6) is 0.454. The molecule has 4 aromatic rings. The molecule has 3 aromatic carbocycles. The van der Waals surface area contributed by atoms with Crippen LogP contribution in [0.15, 0.2) is 78.9 Å². The van der Waals surface area contributed by atoms with Crippen LogP contribution in [0.25, 0.3) is 10.9 Å². The quantitative estimate of drug-likeness (QED) is 0.280. The van der Waals surface area contributed by atoms with Crippen LogP contribution in [0.1, 0.15) is 59.2 Å². The predicted molar refractivity (Wildman–Crippen MR) is 156 cm³/mol. The largest absolute Gasteiger partial charge is 0.491 e. The van der Waals surface area contributed by atoms with Crippen molar-refractivity contribution < 1.29 is 19.1 Å². The molecule has 1 atom stereocenters. The predicted octanol–water partition coefficient (Wildman–Crippen LogP) is 5.64. The van der Waals surface area contributed by atoms with Crippen molar-refractivity contribution in [3.63, 3.8) is 0 Å². The normalized spacial score (nSPS) is 15.6. The number of carbonyl (C=O) groups excluding carboxylic acids is 3. The summed E-state index contributed by atoms with van der Waals surface area (Å²) in [5, 5.41) is 0.796. The van der Waals surface area contributed by atoms with Gasteiger partial charge in [-0.05, 0) is 81.1 Å². The van der Waals surface area contributed by atoms with Gasteiger partial charge in [-0.15, -0.1) is 0 Å². The molecule has 1 aromatic heterocycles. The summed E-state index contributed by atoms with van der Waals surface area (Å²) in [6.07, 6.45) is 1.59. The fourth-order valence-corrected chi connectivity index (χ4v) is 5.30. The highest BCUT2D eigenvalue weighted by molar-refractivity contribution is 6.02. The van der Waals surface area contributed by atoms with Gasteiger partial charge in [-0.3, -0.25) is 14.4 Å². The van der Waals surface area contributed by atoms with E-state index < -0.39 is 0 Å². The number of rotatable bonds is 9. The van der Waals surface area contributed by atoms with Gasteiger partial charge in [0.2, 0.25) is 5.91 Å². The number of ether oxygens (including phenoxy) is 1. The van der Waals surface area contributed by atoms with Crippen molar-refractivity contribution in [1.82, 2.24) is 14.8 Å². The molecule has 0 spiro atoms. The van der Waals surface area contributed by atoms with E-state index in [-0.39, 0.29) is 36.3 Å². The van der Waals surface area contributed by atoms with Crippen molar-refractivity contribution in [3.05, 3.63) is 101 Å². The van der Waals surface area contributed by atoms with Crippen LogP contribution in [0.4, 0.5) is 0 Å². The van der Waals surface area contributed by atoms with Gasteiger partial charge in [0, 0.05) is 29.6 Å². The molecule has 0 radical (unpaired) electrons. The molecule has 40 heavy (non-hydrogen) atoms. The molecule has 5 rings (SSSR count). The van der Waals surface area contributed by atoms with Gasteiger partial charge in [-0.2, -0.15) is 0 Å². The Hall–Kier alpha value is -4.39. The van der Waals surface area contributed by atoms with Crippen LogP contribution in [-0.4, -0.2) is 57.6 Å². The lowest BCUT2D eigenvalue weighted by molar-refractivity contribution is -0.139. The maximum absolute atomic E-state index is 13.6. The lowest BCUT2D eigenvalue weighted by atomic mass is 10.0. The molecule has 1 N–H and O–H groups in total. The fourth-order valence-electron chi connectivity index (χ4n) is 5.30. The van der Waals surface area contributed by atoms with Crippen molar-refractivity contribution >= 4 is 28.5 Å². The van der Waals surface area contributed by atoms with E-state index in [0.717, 1.165) is 35.1 Å². The molecule has 1 aliphatic rings. The highest BCUT2D eigenvalue weighted by atomic mass is 16.5. The number of fused-ring (bicyclic) bond motifs is 1. The molecule has 0 saturated carbocycles. The molecule has 1 aliphatic heterocycles. The van der Waals surface area contributed by atoms with E-state index in [2.05, 4.69) is 17.1 Å². The maximum Gasteiger partial charge on any atom is 0.270 e. The monoisotopic (exact) mass is 537 g/mol.